The van der Waals surface area contributed by atoms with Gasteiger partial charge in [-0.1, -0.05) is 12.8 Å². The van der Waals surface area contributed by atoms with E-state index in [-0.39, 0.29) is 0 Å². The van der Waals surface area contributed by atoms with Crippen molar-refractivity contribution in [3.05, 3.63) is 0 Å². The first-order valence-electron chi connectivity index (χ1n) is 6.38. The smallest absolute Gasteiger partial charge is 0.223 e. The standard InChI is InChI=1S/C12H20N2O/c15-12-7-9-8-13-6-5-11(9)14(12)10-3-1-2-4-10/h9-11,13H,1-8H2. The Kier molecular flexibility index (Phi) is 2.43. The number of amides is 1. The van der Waals surface area contributed by atoms with E-state index in [1.807, 2.05) is 0 Å². The van der Waals surface area contributed by atoms with Gasteiger partial charge in [0.05, 0.1) is 0 Å². The summed E-state index contributed by atoms with van der Waals surface area (Å²) in [4.78, 5) is 14.3. The monoisotopic (exact) mass is 208 g/mol. The molecule has 0 aromatic heterocycles. The maximum atomic E-state index is 12.0. The van der Waals surface area contributed by atoms with Crippen molar-refractivity contribution in [3.8, 4) is 0 Å². The molecular weight excluding hydrogens is 188 g/mol. The number of fused-ring (bicyclic) bond motifs is 1. The van der Waals surface area contributed by atoms with Crippen LogP contribution in [-0.4, -0.2) is 36.0 Å². The van der Waals surface area contributed by atoms with Crippen LogP contribution in [0, 0.1) is 5.92 Å². The number of hydrogen-bond acceptors (Lipinski definition) is 2. The number of rotatable bonds is 1. The molecule has 0 aromatic carbocycles. The number of nitrogens with zero attached hydrogens (tertiary/aromatic N) is 1. The average Bonchev–Trinajstić information content (AvgIpc) is 2.82. The highest BCUT2D eigenvalue weighted by molar-refractivity contribution is 5.79. The van der Waals surface area contributed by atoms with Crippen molar-refractivity contribution in [2.24, 2.45) is 5.92 Å². The first-order valence-corrected chi connectivity index (χ1v) is 6.38. The summed E-state index contributed by atoms with van der Waals surface area (Å²) in [5, 5.41) is 3.41. The molecule has 1 N–H and O–H groups in total. The van der Waals surface area contributed by atoms with Gasteiger partial charge in [-0.25, -0.2) is 0 Å². The van der Waals surface area contributed by atoms with Crippen LogP contribution in [0.15, 0.2) is 0 Å². The van der Waals surface area contributed by atoms with Crippen molar-refractivity contribution in [3.63, 3.8) is 0 Å². The molecule has 2 atom stereocenters. The molecule has 2 aliphatic heterocycles. The predicted octanol–water partition coefficient (Wildman–Crippen LogP) is 1.14. The maximum absolute atomic E-state index is 12.0. The molecule has 0 spiro atoms. The molecule has 3 fully saturated rings. The summed E-state index contributed by atoms with van der Waals surface area (Å²) >= 11 is 0. The van der Waals surface area contributed by atoms with Crippen LogP contribution in [-0.2, 0) is 4.79 Å². The van der Waals surface area contributed by atoms with Gasteiger partial charge in [0.15, 0.2) is 0 Å². The number of piperidine rings is 1. The van der Waals surface area contributed by atoms with Gasteiger partial charge in [0.2, 0.25) is 5.91 Å². The van der Waals surface area contributed by atoms with E-state index in [1.165, 1.54) is 32.1 Å². The average molecular weight is 208 g/mol. The van der Waals surface area contributed by atoms with Gasteiger partial charge in [-0.15, -0.1) is 0 Å². The van der Waals surface area contributed by atoms with E-state index in [2.05, 4.69) is 10.2 Å². The van der Waals surface area contributed by atoms with E-state index < -0.39 is 0 Å². The third-order valence-corrected chi connectivity index (χ3v) is 4.37. The molecule has 0 aromatic rings. The van der Waals surface area contributed by atoms with Gasteiger partial charge in [0, 0.05) is 31.0 Å². The lowest BCUT2D eigenvalue weighted by Gasteiger charge is -2.35. The Labute approximate surface area is 91.2 Å². The number of carbonyl (C=O) groups is 1. The zero-order chi connectivity index (χ0) is 10.3. The molecule has 3 rings (SSSR count). The van der Waals surface area contributed by atoms with Gasteiger partial charge >= 0.3 is 0 Å². The number of likely N-dealkylation sites (tertiary alicyclic amines) is 1. The van der Waals surface area contributed by atoms with E-state index in [0.717, 1.165) is 19.5 Å². The van der Waals surface area contributed by atoms with E-state index in [0.29, 0.717) is 23.9 Å². The fourth-order valence-corrected chi connectivity index (χ4v) is 3.66. The Morgan fingerprint density at radius 3 is 2.80 bits per heavy atom. The molecule has 2 heterocycles. The normalized spacial score (nSPS) is 37.3. The molecule has 1 saturated carbocycles. The third-order valence-electron chi connectivity index (χ3n) is 4.37. The second-order valence-electron chi connectivity index (χ2n) is 5.26. The van der Waals surface area contributed by atoms with Gasteiger partial charge < -0.3 is 10.2 Å². The summed E-state index contributed by atoms with van der Waals surface area (Å²) in [6.45, 7) is 2.15. The lowest BCUT2D eigenvalue weighted by atomic mass is 9.94. The molecule has 3 nitrogen and oxygen atoms in total. The van der Waals surface area contributed by atoms with Crippen LogP contribution in [0.1, 0.15) is 38.5 Å². The molecule has 15 heavy (non-hydrogen) atoms. The summed E-state index contributed by atoms with van der Waals surface area (Å²) in [6, 6.07) is 1.16. The van der Waals surface area contributed by atoms with Crippen LogP contribution in [0.4, 0.5) is 0 Å². The molecular formula is C12H20N2O. The summed E-state index contributed by atoms with van der Waals surface area (Å²) < 4.78 is 0. The Balaban J connectivity index is 1.77. The molecule has 3 aliphatic rings. The zero-order valence-corrected chi connectivity index (χ0v) is 9.24. The van der Waals surface area contributed by atoms with E-state index in [4.69, 9.17) is 0 Å². The third kappa shape index (κ3) is 1.57. The fourth-order valence-electron chi connectivity index (χ4n) is 3.66. The van der Waals surface area contributed by atoms with Gasteiger partial charge in [0.1, 0.15) is 0 Å². The second-order valence-corrected chi connectivity index (χ2v) is 5.26. The Bertz CT molecular complexity index is 260. The van der Waals surface area contributed by atoms with Crippen LogP contribution in [0.25, 0.3) is 0 Å². The molecule has 1 aliphatic carbocycles. The van der Waals surface area contributed by atoms with Crippen molar-refractivity contribution in [1.29, 1.82) is 0 Å². The topological polar surface area (TPSA) is 32.3 Å². The minimum Gasteiger partial charge on any atom is -0.336 e. The SMILES string of the molecule is O=C1CC2CNCCC2N1C1CCCC1. The minimum atomic E-state index is 0.431. The number of hydrogen-bond donors (Lipinski definition) is 1. The number of carbonyl (C=O) groups excluding carboxylic acids is 1. The molecule has 2 saturated heterocycles. The summed E-state index contributed by atoms with van der Waals surface area (Å²) in [5.41, 5.74) is 0. The largest absolute Gasteiger partial charge is 0.336 e. The van der Waals surface area contributed by atoms with Crippen LogP contribution in [0.3, 0.4) is 0 Å². The fraction of sp³-hybridized carbons (Fsp3) is 0.917. The molecule has 0 bridgehead atoms. The van der Waals surface area contributed by atoms with Gasteiger partial charge in [0.25, 0.3) is 0 Å². The molecule has 0 radical (unpaired) electrons. The Morgan fingerprint density at radius 2 is 2.00 bits per heavy atom. The van der Waals surface area contributed by atoms with Gasteiger partial charge in [-0.3, -0.25) is 4.79 Å². The second kappa shape index (κ2) is 3.78. The van der Waals surface area contributed by atoms with E-state index >= 15 is 0 Å². The van der Waals surface area contributed by atoms with E-state index in [9.17, 15) is 4.79 Å². The highest BCUT2D eigenvalue weighted by Gasteiger charge is 2.44. The van der Waals surface area contributed by atoms with Crippen molar-refractivity contribution < 1.29 is 4.79 Å². The van der Waals surface area contributed by atoms with Gasteiger partial charge in [-0.2, -0.15) is 0 Å². The van der Waals surface area contributed by atoms with Crippen LogP contribution < -0.4 is 5.32 Å². The highest BCUT2D eigenvalue weighted by Crippen LogP contribution is 2.36. The van der Waals surface area contributed by atoms with Crippen LogP contribution in [0.5, 0.6) is 0 Å². The highest BCUT2D eigenvalue weighted by atomic mass is 16.2. The van der Waals surface area contributed by atoms with Crippen molar-refractivity contribution in [2.75, 3.05) is 13.1 Å². The lowest BCUT2D eigenvalue weighted by Crippen LogP contribution is -2.47. The van der Waals surface area contributed by atoms with Crippen LogP contribution >= 0.6 is 0 Å². The van der Waals surface area contributed by atoms with Gasteiger partial charge in [-0.05, 0) is 25.8 Å². The van der Waals surface area contributed by atoms with Crippen molar-refractivity contribution in [1.82, 2.24) is 10.2 Å². The first kappa shape index (κ1) is 9.64. The molecule has 1 amide bonds. The Morgan fingerprint density at radius 1 is 1.20 bits per heavy atom. The first-order chi connectivity index (χ1) is 7.36. The van der Waals surface area contributed by atoms with Crippen molar-refractivity contribution >= 4 is 5.91 Å². The van der Waals surface area contributed by atoms with E-state index in [1.54, 1.807) is 0 Å². The van der Waals surface area contributed by atoms with Crippen LogP contribution in [0.2, 0.25) is 0 Å². The molecule has 84 valence electrons. The quantitative estimate of drug-likeness (QED) is 0.701. The summed E-state index contributed by atoms with van der Waals surface area (Å²) in [7, 11) is 0. The maximum Gasteiger partial charge on any atom is 0.223 e. The molecule has 2 unspecified atom stereocenters. The number of nitrogens with one attached hydrogen (secondary N) is 1. The Hall–Kier alpha value is -0.570. The zero-order valence-electron chi connectivity index (χ0n) is 9.24. The van der Waals surface area contributed by atoms with Crippen molar-refractivity contribution in [2.45, 2.75) is 50.6 Å². The predicted molar refractivity (Wildman–Crippen MR) is 58.5 cm³/mol. The summed E-state index contributed by atoms with van der Waals surface area (Å²) in [6.07, 6.45) is 7.13. The molecule has 3 heteroatoms. The minimum absolute atomic E-state index is 0.431. The summed E-state index contributed by atoms with van der Waals surface area (Å²) in [5.74, 6) is 1.03. The lowest BCUT2D eigenvalue weighted by molar-refractivity contribution is -0.131.